The van der Waals surface area contributed by atoms with Crippen LogP contribution in [0.25, 0.3) is 22.3 Å². The summed E-state index contributed by atoms with van der Waals surface area (Å²) in [6.45, 7) is 10.1. The van der Waals surface area contributed by atoms with Crippen LogP contribution in [0.4, 0.5) is 10.5 Å². The predicted octanol–water partition coefficient (Wildman–Crippen LogP) is 7.26. The summed E-state index contributed by atoms with van der Waals surface area (Å²) in [5.74, 6) is 0.982. The fourth-order valence-electron chi connectivity index (χ4n) is 9.63. The topological polar surface area (TPSA) is 207 Å². The van der Waals surface area contributed by atoms with Crippen molar-refractivity contribution in [2.24, 2.45) is 0 Å². The second-order valence-corrected chi connectivity index (χ2v) is 19.9. The van der Waals surface area contributed by atoms with Crippen LogP contribution in [-0.2, 0) is 44.2 Å². The number of carbonyl (C=O) groups is 3. The van der Waals surface area contributed by atoms with Crippen LogP contribution >= 0.6 is 21.6 Å². The highest BCUT2D eigenvalue weighted by Crippen LogP contribution is 2.42. The summed E-state index contributed by atoms with van der Waals surface area (Å²) in [7, 11) is 4.57. The zero-order chi connectivity index (χ0) is 49.1. The van der Waals surface area contributed by atoms with Crippen molar-refractivity contribution in [3.8, 4) is 28.6 Å². The number of methoxy groups -OCH3 is 1. The lowest BCUT2D eigenvalue weighted by Crippen LogP contribution is -2.51. The molecule has 70 heavy (non-hydrogen) atoms. The summed E-state index contributed by atoms with van der Waals surface area (Å²) >= 11 is 0. The molecule has 2 amide bonds. The van der Waals surface area contributed by atoms with Crippen molar-refractivity contribution in [3.05, 3.63) is 111 Å². The molecule has 3 atom stereocenters. The number of hydrogen-bond donors (Lipinski definition) is 2. The van der Waals surface area contributed by atoms with Gasteiger partial charge in [0.25, 0.3) is 11.5 Å². The number of fused-ring (bicyclic) bond motifs is 5. The Labute approximate surface area is 413 Å². The SMILES string of the molecule is C=C1C[C@@H](C2OCCN2C(=O)OCCSSc2ccccn2)N(C(=O)c2cc(OC)c(OCCCCCOc3ccc4nc5c(c(CC)c4c3)Cn3c-5cc4c(c3=O)COC(=O)[C@]4(O)CC)cc2N)C1. The monoisotopic (exact) mass is 992 g/mol. The number of carbonyl (C=O) groups excluding carboxylic acids is 3. The van der Waals surface area contributed by atoms with E-state index in [1.165, 1.54) is 22.8 Å². The second kappa shape index (κ2) is 21.0. The van der Waals surface area contributed by atoms with Gasteiger partial charge in [-0.15, -0.1) is 0 Å². The Morgan fingerprint density at radius 2 is 1.81 bits per heavy atom. The number of cyclic esters (lactones) is 1. The first-order valence-corrected chi connectivity index (χ1v) is 25.8. The van der Waals surface area contributed by atoms with Crippen molar-refractivity contribution >= 4 is 56.1 Å². The fourth-order valence-corrected chi connectivity index (χ4v) is 11.3. The number of aryl methyl sites for hydroxylation is 1. The second-order valence-electron chi connectivity index (χ2n) is 17.5. The van der Waals surface area contributed by atoms with Crippen molar-refractivity contribution < 1.29 is 47.9 Å². The number of hydrogen-bond acceptors (Lipinski definition) is 16. The Balaban J connectivity index is 0.770. The van der Waals surface area contributed by atoms with E-state index < -0.39 is 29.9 Å². The number of pyridine rings is 3. The molecule has 2 saturated heterocycles. The first kappa shape index (κ1) is 48.7. The Morgan fingerprint density at radius 3 is 2.59 bits per heavy atom. The van der Waals surface area contributed by atoms with Gasteiger partial charge in [0.05, 0.1) is 74.1 Å². The first-order valence-electron chi connectivity index (χ1n) is 23.5. The number of esters is 1. The predicted molar refractivity (Wildman–Crippen MR) is 265 cm³/mol. The van der Waals surface area contributed by atoms with Gasteiger partial charge in [-0.2, -0.15) is 0 Å². The lowest BCUT2D eigenvalue weighted by Gasteiger charge is -2.33. The molecule has 3 aromatic heterocycles. The lowest BCUT2D eigenvalue weighted by molar-refractivity contribution is -0.172. The first-order chi connectivity index (χ1) is 33.9. The van der Waals surface area contributed by atoms with Crippen molar-refractivity contribution in [2.45, 2.75) is 88.4 Å². The van der Waals surface area contributed by atoms with E-state index in [2.05, 4.69) is 18.5 Å². The average molecular weight is 993 g/mol. The normalized spacial score (nSPS) is 19.2. The van der Waals surface area contributed by atoms with Crippen LogP contribution in [0.15, 0.2) is 82.8 Å². The summed E-state index contributed by atoms with van der Waals surface area (Å²) in [4.78, 5) is 66.2. The molecule has 368 valence electrons. The van der Waals surface area contributed by atoms with Gasteiger partial charge >= 0.3 is 12.1 Å². The number of aromatic nitrogens is 3. The number of rotatable bonds is 18. The molecule has 7 heterocycles. The molecule has 0 radical (unpaired) electrons. The minimum atomic E-state index is -1.89. The van der Waals surface area contributed by atoms with Crippen LogP contribution in [0.1, 0.15) is 78.6 Å². The van der Waals surface area contributed by atoms with Crippen molar-refractivity contribution in [1.29, 1.82) is 0 Å². The van der Waals surface area contributed by atoms with Gasteiger partial charge in [0.2, 0.25) is 0 Å². The summed E-state index contributed by atoms with van der Waals surface area (Å²) in [6, 6.07) is 15.9. The molecule has 2 aromatic carbocycles. The molecule has 3 N–H and O–H groups in total. The van der Waals surface area contributed by atoms with Crippen molar-refractivity contribution in [2.75, 3.05) is 58.1 Å². The van der Waals surface area contributed by atoms with Crippen LogP contribution in [0.3, 0.4) is 0 Å². The van der Waals surface area contributed by atoms with E-state index in [1.54, 1.807) is 51.6 Å². The minimum absolute atomic E-state index is 0.0782. The number of unbranched alkanes of at least 4 members (excludes halogenated alkanes) is 2. The zero-order valence-corrected chi connectivity index (χ0v) is 41.0. The summed E-state index contributed by atoms with van der Waals surface area (Å²) in [6.07, 6.45) is 4.06. The molecule has 0 spiro atoms. The number of benzene rings is 2. The molecule has 9 rings (SSSR count). The summed E-state index contributed by atoms with van der Waals surface area (Å²) in [5.41, 5.74) is 10.2. The number of ether oxygens (including phenoxy) is 6. The van der Waals surface area contributed by atoms with Gasteiger partial charge < -0.3 is 48.7 Å². The van der Waals surface area contributed by atoms with Crippen LogP contribution in [0, 0.1) is 0 Å². The van der Waals surface area contributed by atoms with Gasteiger partial charge in [-0.25, -0.2) is 19.6 Å². The fraction of sp³-hybridized carbons (Fsp3) is 0.412. The maximum Gasteiger partial charge on any atom is 0.412 e. The number of nitrogens with two attached hydrogens (primary N) is 1. The molecular formula is C51H56N6O11S2. The van der Waals surface area contributed by atoms with Gasteiger partial charge in [0.1, 0.15) is 24.0 Å². The van der Waals surface area contributed by atoms with Gasteiger partial charge in [-0.05, 0) is 97.3 Å². The number of likely N-dealkylation sites (tertiary alicyclic amines) is 1. The molecule has 19 heteroatoms. The zero-order valence-electron chi connectivity index (χ0n) is 39.4. The molecule has 5 aromatic rings. The highest BCUT2D eigenvalue weighted by Gasteiger charge is 2.47. The molecule has 0 bridgehead atoms. The number of aliphatic hydroxyl groups is 1. The third-order valence-corrected chi connectivity index (χ3v) is 15.5. The smallest absolute Gasteiger partial charge is 0.412 e. The molecule has 0 saturated carbocycles. The summed E-state index contributed by atoms with van der Waals surface area (Å²) < 4.78 is 36.6. The van der Waals surface area contributed by atoms with Crippen molar-refractivity contribution in [1.82, 2.24) is 24.3 Å². The maximum absolute atomic E-state index is 14.2. The highest BCUT2D eigenvalue weighted by atomic mass is 33.1. The Kier molecular flexibility index (Phi) is 14.6. The Hall–Kier alpha value is -6.28. The minimum Gasteiger partial charge on any atom is -0.494 e. The van der Waals surface area contributed by atoms with Crippen LogP contribution < -0.4 is 25.5 Å². The largest absolute Gasteiger partial charge is 0.494 e. The molecule has 2 fully saturated rings. The van der Waals surface area contributed by atoms with Gasteiger partial charge in [0, 0.05) is 46.8 Å². The number of nitrogens with zero attached hydrogens (tertiary/aromatic N) is 5. The van der Waals surface area contributed by atoms with E-state index in [-0.39, 0.29) is 48.9 Å². The Bertz CT molecular complexity index is 2900. The average Bonchev–Trinajstić information content (AvgIpc) is 4.11. The Morgan fingerprint density at radius 1 is 0.986 bits per heavy atom. The van der Waals surface area contributed by atoms with E-state index >= 15 is 0 Å². The lowest BCUT2D eigenvalue weighted by atomic mass is 9.86. The van der Waals surface area contributed by atoms with Crippen LogP contribution in [-0.4, -0.2) is 112 Å². The van der Waals surface area contributed by atoms with Gasteiger partial charge in [-0.3, -0.25) is 14.5 Å². The van der Waals surface area contributed by atoms with E-state index in [0.29, 0.717) is 91.3 Å². The molecule has 17 nitrogen and oxygen atoms in total. The quantitative estimate of drug-likeness (QED) is 0.0286. The van der Waals surface area contributed by atoms with E-state index in [4.69, 9.17) is 39.1 Å². The molecular weight excluding hydrogens is 937 g/mol. The molecule has 4 aliphatic heterocycles. The maximum atomic E-state index is 14.2. The third-order valence-electron chi connectivity index (χ3n) is 13.2. The molecule has 0 aliphatic carbocycles. The van der Waals surface area contributed by atoms with E-state index in [9.17, 15) is 24.3 Å². The summed E-state index contributed by atoms with van der Waals surface area (Å²) in [5, 5.41) is 13.1. The molecule has 1 unspecified atom stereocenters. The number of anilines is 1. The van der Waals surface area contributed by atoms with E-state index in [0.717, 1.165) is 51.9 Å². The van der Waals surface area contributed by atoms with E-state index in [1.807, 2.05) is 36.4 Å². The number of nitrogen functional groups attached to an aromatic ring is 1. The van der Waals surface area contributed by atoms with Gasteiger partial charge in [0.15, 0.2) is 23.3 Å². The van der Waals surface area contributed by atoms with Crippen LogP contribution in [0.2, 0.25) is 0 Å². The third kappa shape index (κ3) is 9.51. The highest BCUT2D eigenvalue weighted by molar-refractivity contribution is 8.76. The molecule has 4 aliphatic rings. The number of amides is 2. The standard InChI is InChI=1S/C51H56N6O11S2/c1-5-32-33-23-31(13-14-39(33)54-45-35(32)28-57-40(45)25-37-36(47(57)59)29-68-49(60)51(37,62)6-2)64-17-10-7-11-18-65-43-26-38(52)34(24-42(43)63-4)46(58)56-27-30(3)22-41(56)48-55(16-19-66-48)50(61)67-20-21-69-70-44-12-8-9-15-53-44/h8-9,12-15,23-26,41,48,62H,3,5-7,10-11,16-22,27-29,52H2,1-2,4H3/t41-,48?,51-/m0/s1. The van der Waals surface area contributed by atoms with Gasteiger partial charge in [-0.1, -0.05) is 42.9 Å². The van der Waals surface area contributed by atoms with Crippen LogP contribution in [0.5, 0.6) is 17.2 Å². The van der Waals surface area contributed by atoms with Crippen molar-refractivity contribution in [3.63, 3.8) is 0 Å².